The molecule has 3 rings (SSSR count). The Hall–Kier alpha value is -3.75. The topological polar surface area (TPSA) is 108 Å². The van der Waals surface area contributed by atoms with Crippen molar-refractivity contribution in [1.29, 1.82) is 0 Å². The summed E-state index contributed by atoms with van der Waals surface area (Å²) in [5.74, 6) is -1.96. The lowest BCUT2D eigenvalue weighted by atomic mass is 9.87. The Morgan fingerprint density at radius 1 is 1.13 bits per heavy atom. The summed E-state index contributed by atoms with van der Waals surface area (Å²) in [5.41, 5.74) is -0.213. The van der Waals surface area contributed by atoms with Gasteiger partial charge in [0.25, 0.3) is 11.8 Å². The minimum Gasteiger partial charge on any atom is -0.355 e. The highest BCUT2D eigenvalue weighted by molar-refractivity contribution is 6.10. The maximum Gasteiger partial charge on any atom is 0.325 e. The summed E-state index contributed by atoms with van der Waals surface area (Å²) in [4.78, 5) is 50.5. The van der Waals surface area contributed by atoms with E-state index in [9.17, 15) is 23.6 Å². The van der Waals surface area contributed by atoms with Crippen molar-refractivity contribution in [1.82, 2.24) is 15.5 Å². The van der Waals surface area contributed by atoms with Gasteiger partial charge < -0.3 is 16.0 Å². The maximum absolute atomic E-state index is 13.3. The molecule has 5 amide bonds. The summed E-state index contributed by atoms with van der Waals surface area (Å²) in [6, 6.07) is 10.8. The van der Waals surface area contributed by atoms with E-state index in [1.165, 1.54) is 37.4 Å². The van der Waals surface area contributed by atoms with Gasteiger partial charge in [0, 0.05) is 18.3 Å². The van der Waals surface area contributed by atoms with Gasteiger partial charge in [-0.05, 0) is 42.3 Å². The third kappa shape index (κ3) is 3.86. The van der Waals surface area contributed by atoms with E-state index in [0.29, 0.717) is 16.8 Å². The SMILES string of the molecule is CCC1(c2ccc(F)cc2)NC(=O)N(CC(=O)Nc2cccc(C(=O)NC)c2)C1=O. The molecule has 1 atom stereocenters. The van der Waals surface area contributed by atoms with E-state index in [1.54, 1.807) is 25.1 Å². The summed E-state index contributed by atoms with van der Waals surface area (Å²) >= 11 is 0. The molecule has 2 aromatic carbocycles. The first kappa shape index (κ1) is 21.0. The van der Waals surface area contributed by atoms with Crippen LogP contribution >= 0.6 is 0 Å². The van der Waals surface area contributed by atoms with Gasteiger partial charge in [-0.25, -0.2) is 9.18 Å². The van der Waals surface area contributed by atoms with Crippen molar-refractivity contribution < 1.29 is 23.6 Å². The van der Waals surface area contributed by atoms with Crippen LogP contribution in [-0.4, -0.2) is 42.2 Å². The molecular weight excluding hydrogens is 391 g/mol. The molecule has 1 aliphatic rings. The number of nitrogens with one attached hydrogen (secondary N) is 3. The Kier molecular flexibility index (Phi) is 5.81. The fourth-order valence-electron chi connectivity index (χ4n) is 3.37. The Labute approximate surface area is 172 Å². The predicted octanol–water partition coefficient (Wildman–Crippen LogP) is 1.98. The van der Waals surface area contributed by atoms with Gasteiger partial charge in [-0.3, -0.25) is 19.3 Å². The van der Waals surface area contributed by atoms with Crippen LogP contribution in [0.5, 0.6) is 0 Å². The normalized spacial score (nSPS) is 18.2. The lowest BCUT2D eigenvalue weighted by Gasteiger charge is -2.25. The lowest BCUT2D eigenvalue weighted by molar-refractivity contribution is -0.134. The average molecular weight is 412 g/mol. The van der Waals surface area contributed by atoms with Crippen molar-refractivity contribution in [3.63, 3.8) is 0 Å². The summed E-state index contributed by atoms with van der Waals surface area (Å²) in [7, 11) is 1.49. The number of hydrogen-bond acceptors (Lipinski definition) is 4. The number of anilines is 1. The molecule has 0 aliphatic carbocycles. The van der Waals surface area contributed by atoms with Crippen LogP contribution in [0.1, 0.15) is 29.3 Å². The van der Waals surface area contributed by atoms with E-state index in [4.69, 9.17) is 0 Å². The van der Waals surface area contributed by atoms with E-state index in [2.05, 4.69) is 16.0 Å². The third-order valence-corrected chi connectivity index (χ3v) is 4.98. The van der Waals surface area contributed by atoms with Crippen LogP contribution in [0, 0.1) is 5.82 Å². The van der Waals surface area contributed by atoms with Gasteiger partial charge in [0.2, 0.25) is 5.91 Å². The molecule has 1 unspecified atom stereocenters. The van der Waals surface area contributed by atoms with Crippen molar-refractivity contribution >= 4 is 29.4 Å². The number of benzene rings is 2. The number of nitrogens with zero attached hydrogens (tertiary/aromatic N) is 1. The van der Waals surface area contributed by atoms with Crippen LogP contribution in [0.3, 0.4) is 0 Å². The van der Waals surface area contributed by atoms with Crippen LogP contribution in [0.4, 0.5) is 14.9 Å². The van der Waals surface area contributed by atoms with Crippen molar-refractivity contribution in [3.05, 3.63) is 65.5 Å². The zero-order chi connectivity index (χ0) is 21.9. The predicted molar refractivity (Wildman–Crippen MR) is 107 cm³/mol. The Morgan fingerprint density at radius 3 is 2.47 bits per heavy atom. The van der Waals surface area contributed by atoms with Crippen molar-refractivity contribution in [2.24, 2.45) is 0 Å². The molecule has 2 aromatic rings. The number of urea groups is 1. The Bertz CT molecular complexity index is 1010. The third-order valence-electron chi connectivity index (χ3n) is 4.98. The molecule has 0 bridgehead atoms. The highest BCUT2D eigenvalue weighted by Crippen LogP contribution is 2.32. The molecule has 9 heteroatoms. The molecule has 156 valence electrons. The molecule has 1 aliphatic heterocycles. The molecule has 0 saturated carbocycles. The average Bonchev–Trinajstić information content (AvgIpc) is 2.99. The second kappa shape index (κ2) is 8.32. The molecule has 1 saturated heterocycles. The summed E-state index contributed by atoms with van der Waals surface area (Å²) in [6.45, 7) is 1.22. The first-order valence-electron chi connectivity index (χ1n) is 9.33. The molecule has 3 N–H and O–H groups in total. The highest BCUT2D eigenvalue weighted by atomic mass is 19.1. The molecule has 30 heavy (non-hydrogen) atoms. The van der Waals surface area contributed by atoms with Gasteiger partial charge in [0.1, 0.15) is 17.9 Å². The van der Waals surface area contributed by atoms with Crippen molar-refractivity contribution in [2.45, 2.75) is 18.9 Å². The number of halogens is 1. The zero-order valence-electron chi connectivity index (χ0n) is 16.5. The van der Waals surface area contributed by atoms with E-state index < -0.39 is 35.7 Å². The molecule has 0 aromatic heterocycles. The lowest BCUT2D eigenvalue weighted by Crippen LogP contribution is -2.44. The number of carbonyl (C=O) groups is 4. The van der Waals surface area contributed by atoms with Gasteiger partial charge in [0.05, 0.1) is 0 Å². The van der Waals surface area contributed by atoms with Crippen molar-refractivity contribution in [2.75, 3.05) is 18.9 Å². The number of hydrogen-bond donors (Lipinski definition) is 3. The number of carbonyl (C=O) groups excluding carboxylic acids is 4. The van der Waals surface area contributed by atoms with Gasteiger partial charge in [-0.15, -0.1) is 0 Å². The van der Waals surface area contributed by atoms with E-state index in [1.807, 2.05) is 0 Å². The fourth-order valence-corrected chi connectivity index (χ4v) is 3.37. The standard InChI is InChI=1S/C21H21FN4O4/c1-3-21(14-7-9-15(22)10-8-14)19(29)26(20(30)25-21)12-17(27)24-16-6-4-5-13(11-16)18(28)23-2/h4-11H,3,12H2,1-2H3,(H,23,28)(H,24,27)(H,25,30). The largest absolute Gasteiger partial charge is 0.355 e. The Morgan fingerprint density at radius 2 is 1.83 bits per heavy atom. The van der Waals surface area contributed by atoms with Crippen LogP contribution in [-0.2, 0) is 15.1 Å². The van der Waals surface area contributed by atoms with E-state index in [0.717, 1.165) is 4.90 Å². The monoisotopic (exact) mass is 412 g/mol. The number of rotatable bonds is 6. The summed E-state index contributed by atoms with van der Waals surface area (Å²) in [6.07, 6.45) is 0.232. The van der Waals surface area contributed by atoms with Crippen LogP contribution in [0.25, 0.3) is 0 Å². The maximum atomic E-state index is 13.3. The quantitative estimate of drug-likeness (QED) is 0.631. The molecule has 1 fully saturated rings. The van der Waals surface area contributed by atoms with Gasteiger partial charge >= 0.3 is 6.03 Å². The molecule has 1 heterocycles. The van der Waals surface area contributed by atoms with Gasteiger partial charge in [0.15, 0.2) is 0 Å². The van der Waals surface area contributed by atoms with Crippen molar-refractivity contribution in [3.8, 4) is 0 Å². The summed E-state index contributed by atoms with van der Waals surface area (Å²) in [5, 5.41) is 7.70. The first-order valence-corrected chi connectivity index (χ1v) is 9.33. The molecule has 0 radical (unpaired) electrons. The fraction of sp³-hybridized carbons (Fsp3) is 0.238. The smallest absolute Gasteiger partial charge is 0.325 e. The van der Waals surface area contributed by atoms with E-state index >= 15 is 0 Å². The first-order chi connectivity index (χ1) is 14.3. The summed E-state index contributed by atoms with van der Waals surface area (Å²) < 4.78 is 13.3. The van der Waals surface area contributed by atoms with Crippen LogP contribution < -0.4 is 16.0 Å². The van der Waals surface area contributed by atoms with Crippen LogP contribution in [0.15, 0.2) is 48.5 Å². The number of imide groups is 1. The van der Waals surface area contributed by atoms with Gasteiger partial charge in [-0.1, -0.05) is 25.1 Å². The van der Waals surface area contributed by atoms with Crippen LogP contribution in [0.2, 0.25) is 0 Å². The van der Waals surface area contributed by atoms with E-state index in [-0.39, 0.29) is 12.3 Å². The minimum atomic E-state index is -1.36. The van der Waals surface area contributed by atoms with Gasteiger partial charge in [-0.2, -0.15) is 0 Å². The second-order valence-electron chi connectivity index (χ2n) is 6.80. The number of amides is 5. The molecule has 8 nitrogen and oxygen atoms in total. The zero-order valence-corrected chi connectivity index (χ0v) is 16.5. The minimum absolute atomic E-state index is 0.232. The molecular formula is C21H21FN4O4. The Balaban J connectivity index is 1.76. The molecule has 0 spiro atoms. The second-order valence-corrected chi connectivity index (χ2v) is 6.80. The highest BCUT2D eigenvalue weighted by Gasteiger charge is 2.51.